The molecule has 0 aliphatic rings. The van der Waals surface area contributed by atoms with Crippen molar-refractivity contribution in [1.82, 2.24) is 9.44 Å². The molecule has 7 nitrogen and oxygen atoms in total. The lowest BCUT2D eigenvalue weighted by Gasteiger charge is -2.08. The van der Waals surface area contributed by atoms with E-state index in [2.05, 4.69) is 9.44 Å². The first-order chi connectivity index (χ1) is 8.62. The number of nitrogens with two attached hydrogens (primary N) is 1. The molecule has 108 valence electrons. The highest BCUT2D eigenvalue weighted by atomic mass is 32.2. The van der Waals surface area contributed by atoms with Gasteiger partial charge in [-0.25, -0.2) is 30.7 Å². The Balaban J connectivity index is 2.68. The van der Waals surface area contributed by atoms with Crippen molar-refractivity contribution in [2.24, 2.45) is 0 Å². The summed E-state index contributed by atoms with van der Waals surface area (Å²) in [7, 11) is -7.22. The van der Waals surface area contributed by atoms with E-state index in [9.17, 15) is 21.2 Å². The third-order valence-electron chi connectivity index (χ3n) is 2.06. The SMILES string of the molecule is CS(=O)(=O)NCCNS(=O)(=O)c1ccc(F)c(N)c1. The van der Waals surface area contributed by atoms with Gasteiger partial charge in [-0.15, -0.1) is 0 Å². The lowest BCUT2D eigenvalue weighted by molar-refractivity contribution is 0.573. The maximum atomic E-state index is 12.9. The molecule has 1 aromatic rings. The van der Waals surface area contributed by atoms with Gasteiger partial charge < -0.3 is 5.73 Å². The molecule has 19 heavy (non-hydrogen) atoms. The van der Waals surface area contributed by atoms with E-state index in [-0.39, 0.29) is 23.7 Å². The first-order valence-corrected chi connectivity index (χ1v) is 8.48. The van der Waals surface area contributed by atoms with E-state index < -0.39 is 25.9 Å². The Bertz CT molecular complexity index is 658. The fourth-order valence-electron chi connectivity index (χ4n) is 1.19. The smallest absolute Gasteiger partial charge is 0.240 e. The molecule has 0 bridgehead atoms. The van der Waals surface area contributed by atoms with Crippen LogP contribution in [0.4, 0.5) is 10.1 Å². The zero-order valence-electron chi connectivity index (χ0n) is 10.1. The molecular weight excluding hydrogens is 297 g/mol. The molecule has 0 spiro atoms. The molecular formula is C9H14FN3O4S2. The second kappa shape index (κ2) is 5.82. The van der Waals surface area contributed by atoms with Gasteiger partial charge in [-0.1, -0.05) is 0 Å². The zero-order valence-corrected chi connectivity index (χ0v) is 11.7. The standard InChI is InChI=1S/C9H14FN3O4S2/c1-18(14,15)12-4-5-13-19(16,17)7-2-3-8(10)9(11)6-7/h2-3,6,12-13H,4-5,11H2,1H3. The van der Waals surface area contributed by atoms with Crippen LogP contribution in [0.25, 0.3) is 0 Å². The van der Waals surface area contributed by atoms with Crippen molar-refractivity contribution in [3.05, 3.63) is 24.0 Å². The summed E-state index contributed by atoms with van der Waals surface area (Å²) in [5.74, 6) is -0.710. The molecule has 4 N–H and O–H groups in total. The highest BCUT2D eigenvalue weighted by Gasteiger charge is 2.15. The third-order valence-corrected chi connectivity index (χ3v) is 4.25. The Morgan fingerprint density at radius 3 is 2.26 bits per heavy atom. The fourth-order valence-corrected chi connectivity index (χ4v) is 2.73. The Kier molecular flexibility index (Phi) is 4.85. The van der Waals surface area contributed by atoms with Gasteiger partial charge in [0, 0.05) is 13.1 Å². The molecule has 0 amide bonds. The molecule has 1 aromatic carbocycles. The minimum Gasteiger partial charge on any atom is -0.396 e. The van der Waals surface area contributed by atoms with Gasteiger partial charge in [0.15, 0.2) is 0 Å². The molecule has 0 radical (unpaired) electrons. The average molecular weight is 311 g/mol. The van der Waals surface area contributed by atoms with Crippen LogP contribution >= 0.6 is 0 Å². The van der Waals surface area contributed by atoms with Crippen LogP contribution in [0, 0.1) is 5.82 Å². The van der Waals surface area contributed by atoms with Crippen molar-refractivity contribution < 1.29 is 21.2 Å². The Hall–Kier alpha value is -1.23. The number of nitrogen functional groups attached to an aromatic ring is 1. The minimum atomic E-state index is -3.85. The Labute approximate surface area is 111 Å². The van der Waals surface area contributed by atoms with Crippen LogP contribution in [-0.2, 0) is 20.0 Å². The second-order valence-electron chi connectivity index (χ2n) is 3.75. The summed E-state index contributed by atoms with van der Waals surface area (Å²) in [6.45, 7) is -0.221. The van der Waals surface area contributed by atoms with Crippen LogP contribution in [0.1, 0.15) is 0 Å². The zero-order chi connectivity index (χ0) is 14.7. The quantitative estimate of drug-likeness (QED) is 0.471. The van der Waals surface area contributed by atoms with Crippen molar-refractivity contribution in [2.75, 3.05) is 25.1 Å². The first kappa shape index (κ1) is 15.8. The number of hydrogen-bond donors (Lipinski definition) is 3. The van der Waals surface area contributed by atoms with E-state index in [4.69, 9.17) is 5.73 Å². The normalized spacial score (nSPS) is 12.5. The monoisotopic (exact) mass is 311 g/mol. The van der Waals surface area contributed by atoms with Crippen molar-refractivity contribution in [3.63, 3.8) is 0 Å². The van der Waals surface area contributed by atoms with Crippen molar-refractivity contribution in [1.29, 1.82) is 0 Å². The molecule has 0 heterocycles. The molecule has 1 rings (SSSR count). The summed E-state index contributed by atoms with van der Waals surface area (Å²) in [5.41, 5.74) is 4.99. The Morgan fingerprint density at radius 1 is 1.16 bits per heavy atom. The maximum absolute atomic E-state index is 12.9. The number of hydrogen-bond acceptors (Lipinski definition) is 5. The average Bonchev–Trinajstić information content (AvgIpc) is 2.27. The van der Waals surface area contributed by atoms with E-state index in [1.165, 1.54) is 0 Å². The highest BCUT2D eigenvalue weighted by molar-refractivity contribution is 7.89. The van der Waals surface area contributed by atoms with Gasteiger partial charge >= 0.3 is 0 Å². The molecule has 0 atom stereocenters. The summed E-state index contributed by atoms with van der Waals surface area (Å²) in [5, 5.41) is 0. The lowest BCUT2D eigenvalue weighted by atomic mass is 10.3. The van der Waals surface area contributed by atoms with Crippen LogP contribution in [0.5, 0.6) is 0 Å². The number of benzene rings is 1. The van der Waals surface area contributed by atoms with Crippen LogP contribution in [0.3, 0.4) is 0 Å². The fraction of sp³-hybridized carbons (Fsp3) is 0.333. The molecule has 10 heteroatoms. The van der Waals surface area contributed by atoms with E-state index in [0.717, 1.165) is 24.5 Å². The summed E-state index contributed by atoms with van der Waals surface area (Å²) in [4.78, 5) is -0.189. The van der Waals surface area contributed by atoms with Crippen molar-refractivity contribution in [2.45, 2.75) is 4.90 Å². The first-order valence-electron chi connectivity index (χ1n) is 5.11. The van der Waals surface area contributed by atoms with Crippen LogP contribution < -0.4 is 15.2 Å². The van der Waals surface area contributed by atoms with Crippen LogP contribution in [-0.4, -0.2) is 36.2 Å². The molecule has 0 aliphatic carbocycles. The summed E-state index contributed by atoms with van der Waals surface area (Å²) < 4.78 is 62.2. The molecule has 0 unspecified atom stereocenters. The van der Waals surface area contributed by atoms with E-state index in [1.54, 1.807) is 0 Å². The van der Waals surface area contributed by atoms with E-state index in [1.807, 2.05) is 0 Å². The van der Waals surface area contributed by atoms with Crippen molar-refractivity contribution in [3.8, 4) is 0 Å². The summed E-state index contributed by atoms with van der Waals surface area (Å²) >= 11 is 0. The minimum absolute atomic E-state index is 0.0886. The molecule has 0 saturated heterocycles. The maximum Gasteiger partial charge on any atom is 0.240 e. The predicted octanol–water partition coefficient (Wildman–Crippen LogP) is -0.765. The van der Waals surface area contributed by atoms with Crippen molar-refractivity contribution >= 4 is 25.7 Å². The number of sulfonamides is 2. The molecule has 0 fully saturated rings. The summed E-state index contributed by atoms with van der Waals surface area (Å²) in [6.07, 6.45) is 0.960. The predicted molar refractivity (Wildman–Crippen MR) is 68.8 cm³/mol. The molecule has 0 saturated carbocycles. The highest BCUT2D eigenvalue weighted by Crippen LogP contribution is 2.16. The number of halogens is 1. The number of nitrogens with one attached hydrogen (secondary N) is 2. The second-order valence-corrected chi connectivity index (χ2v) is 7.35. The topological polar surface area (TPSA) is 118 Å². The lowest BCUT2D eigenvalue weighted by Crippen LogP contribution is -2.34. The number of anilines is 1. The Morgan fingerprint density at radius 2 is 1.74 bits per heavy atom. The molecule has 0 aliphatic heterocycles. The van der Waals surface area contributed by atoms with Gasteiger partial charge in [0.05, 0.1) is 16.8 Å². The van der Waals surface area contributed by atoms with E-state index >= 15 is 0 Å². The van der Waals surface area contributed by atoms with Crippen LogP contribution in [0.15, 0.2) is 23.1 Å². The van der Waals surface area contributed by atoms with Crippen LogP contribution in [0.2, 0.25) is 0 Å². The van der Waals surface area contributed by atoms with Gasteiger partial charge in [0.1, 0.15) is 5.82 Å². The van der Waals surface area contributed by atoms with Gasteiger partial charge in [0.2, 0.25) is 20.0 Å². The molecule has 0 aromatic heterocycles. The van der Waals surface area contributed by atoms with E-state index in [0.29, 0.717) is 0 Å². The van der Waals surface area contributed by atoms with Gasteiger partial charge in [-0.3, -0.25) is 0 Å². The van der Waals surface area contributed by atoms with Gasteiger partial charge in [0.25, 0.3) is 0 Å². The third kappa shape index (κ3) is 5.11. The number of rotatable bonds is 6. The largest absolute Gasteiger partial charge is 0.396 e. The summed E-state index contributed by atoms with van der Waals surface area (Å²) in [6, 6.07) is 3.00. The van der Waals surface area contributed by atoms with Gasteiger partial charge in [-0.2, -0.15) is 0 Å². The van der Waals surface area contributed by atoms with Gasteiger partial charge in [-0.05, 0) is 18.2 Å².